The molecular weight excluding hydrogens is 444 g/mol. The van der Waals surface area contributed by atoms with Gasteiger partial charge in [0.2, 0.25) is 0 Å². The van der Waals surface area contributed by atoms with E-state index in [9.17, 15) is 0 Å². The molecule has 0 aliphatic heterocycles. The third-order valence-corrected chi connectivity index (χ3v) is 2.48. The van der Waals surface area contributed by atoms with Gasteiger partial charge in [-0.15, -0.1) is 0 Å². The molecular formula is C21H52O12. The normalized spacial score (nSPS) is 9.27. The Morgan fingerprint density at radius 2 is 0.606 bits per heavy atom. The van der Waals surface area contributed by atoms with Crippen LogP contribution in [0.2, 0.25) is 0 Å². The van der Waals surface area contributed by atoms with Crippen molar-refractivity contribution in [3.8, 4) is 0 Å². The molecule has 6 N–H and O–H groups in total. The first-order valence-corrected chi connectivity index (χ1v) is 11.1. The third kappa shape index (κ3) is 89.5. The Balaban J connectivity index is -0.000000106. The van der Waals surface area contributed by atoms with Crippen molar-refractivity contribution in [1.29, 1.82) is 0 Å². The first-order valence-electron chi connectivity index (χ1n) is 11.1. The summed E-state index contributed by atoms with van der Waals surface area (Å²) in [5.74, 6) is 0. The minimum Gasteiger partial charge on any atom is -0.394 e. The highest BCUT2D eigenvalue weighted by atomic mass is 16.5. The predicted molar refractivity (Wildman–Crippen MR) is 126 cm³/mol. The molecule has 0 aromatic carbocycles. The number of hydrogen-bond donors (Lipinski definition) is 6. The van der Waals surface area contributed by atoms with Crippen LogP contribution in [0.4, 0.5) is 0 Å². The quantitative estimate of drug-likeness (QED) is 0.124. The van der Waals surface area contributed by atoms with Crippen LogP contribution in [0.1, 0.15) is 20.8 Å². The standard InChI is InChI=1S/2C6H14O4.C4H10O.C3H8O.C2H6O2/c2*7-1-3-9-5-6-10-4-2-8;1-3-5-4-2;1-3-4-2;3-1-2-4/h2*7-8H,1-6H2;3-4H2,1-2H3;3H2,1-2H3;3-4H,1-2H2. The minimum absolute atomic E-state index is 0.0417. The van der Waals surface area contributed by atoms with Crippen molar-refractivity contribution in [3.63, 3.8) is 0 Å². The summed E-state index contributed by atoms with van der Waals surface area (Å²) >= 11 is 0. The number of hydrogen-bond acceptors (Lipinski definition) is 12. The zero-order chi connectivity index (χ0) is 26.3. The van der Waals surface area contributed by atoms with Gasteiger partial charge in [-0.2, -0.15) is 0 Å². The average Bonchev–Trinajstić information content (AvgIpc) is 2.85. The highest BCUT2D eigenvalue weighted by Gasteiger charge is 1.87. The summed E-state index contributed by atoms with van der Waals surface area (Å²) in [5.41, 5.74) is 0. The van der Waals surface area contributed by atoms with Crippen molar-refractivity contribution in [2.45, 2.75) is 20.8 Å². The number of rotatable bonds is 18. The minimum atomic E-state index is -0.125. The fourth-order valence-corrected chi connectivity index (χ4v) is 1.11. The Hall–Kier alpha value is -0.480. The molecule has 0 aromatic rings. The number of ether oxygens (including phenoxy) is 6. The van der Waals surface area contributed by atoms with E-state index < -0.39 is 0 Å². The molecule has 208 valence electrons. The second kappa shape index (κ2) is 57.9. The van der Waals surface area contributed by atoms with Gasteiger partial charge in [-0.3, -0.25) is 0 Å². The monoisotopic (exact) mass is 496 g/mol. The summed E-state index contributed by atoms with van der Waals surface area (Å²) in [4.78, 5) is 0. The van der Waals surface area contributed by atoms with Crippen molar-refractivity contribution >= 4 is 0 Å². The largest absolute Gasteiger partial charge is 0.394 e. The van der Waals surface area contributed by atoms with E-state index in [1.807, 2.05) is 20.8 Å². The Morgan fingerprint density at radius 1 is 0.364 bits per heavy atom. The summed E-state index contributed by atoms with van der Waals surface area (Å²) in [6.45, 7) is 11.7. The molecule has 0 amide bonds. The average molecular weight is 497 g/mol. The molecule has 0 atom stereocenters. The van der Waals surface area contributed by atoms with Gasteiger partial charge in [-0.05, 0) is 20.8 Å². The van der Waals surface area contributed by atoms with E-state index in [0.29, 0.717) is 52.9 Å². The van der Waals surface area contributed by atoms with Crippen LogP contribution in [-0.2, 0) is 28.4 Å². The lowest BCUT2D eigenvalue weighted by Crippen LogP contribution is -2.09. The van der Waals surface area contributed by atoms with Gasteiger partial charge in [-0.25, -0.2) is 0 Å². The molecule has 33 heavy (non-hydrogen) atoms. The predicted octanol–water partition coefficient (Wildman–Crippen LogP) is -1.33. The van der Waals surface area contributed by atoms with Crippen LogP contribution < -0.4 is 0 Å². The van der Waals surface area contributed by atoms with E-state index in [1.165, 1.54) is 0 Å². The van der Waals surface area contributed by atoms with Crippen LogP contribution in [0.25, 0.3) is 0 Å². The van der Waals surface area contributed by atoms with Gasteiger partial charge < -0.3 is 59.1 Å². The molecule has 0 saturated carbocycles. The highest BCUT2D eigenvalue weighted by Crippen LogP contribution is 1.77. The van der Waals surface area contributed by atoms with Gasteiger partial charge in [-0.1, -0.05) is 0 Å². The molecule has 0 heterocycles. The molecule has 0 unspecified atom stereocenters. The number of methoxy groups -OCH3 is 1. The van der Waals surface area contributed by atoms with Crippen LogP contribution in [0.5, 0.6) is 0 Å². The maximum absolute atomic E-state index is 8.26. The van der Waals surface area contributed by atoms with Crippen LogP contribution >= 0.6 is 0 Å². The van der Waals surface area contributed by atoms with E-state index >= 15 is 0 Å². The molecule has 0 aromatic heterocycles. The molecule has 12 nitrogen and oxygen atoms in total. The van der Waals surface area contributed by atoms with Gasteiger partial charge in [0.25, 0.3) is 0 Å². The van der Waals surface area contributed by atoms with Gasteiger partial charge in [0.1, 0.15) is 0 Å². The lowest BCUT2D eigenvalue weighted by atomic mass is 10.7. The van der Waals surface area contributed by atoms with Crippen LogP contribution in [0, 0.1) is 0 Å². The van der Waals surface area contributed by atoms with E-state index in [4.69, 9.17) is 54.3 Å². The first-order chi connectivity index (χ1) is 16.1. The topological polar surface area (TPSA) is 177 Å². The van der Waals surface area contributed by atoms with Gasteiger partial charge >= 0.3 is 0 Å². The molecule has 0 aliphatic carbocycles. The number of aliphatic hydroxyl groups excluding tert-OH is 6. The Bertz CT molecular complexity index is 197. The Kier molecular flexibility index (Phi) is 74.8. The lowest BCUT2D eigenvalue weighted by molar-refractivity contribution is 0.0222. The molecule has 0 rings (SSSR count). The van der Waals surface area contributed by atoms with E-state index in [0.717, 1.165) is 19.8 Å². The summed E-state index contributed by atoms with van der Waals surface area (Å²) in [6.07, 6.45) is 0. The van der Waals surface area contributed by atoms with Crippen molar-refractivity contribution < 1.29 is 59.1 Å². The third-order valence-electron chi connectivity index (χ3n) is 2.48. The van der Waals surface area contributed by atoms with Crippen LogP contribution in [0.3, 0.4) is 0 Å². The maximum Gasteiger partial charge on any atom is 0.0701 e. The van der Waals surface area contributed by atoms with Crippen molar-refractivity contribution in [2.24, 2.45) is 0 Å². The second-order valence-electron chi connectivity index (χ2n) is 5.15. The molecule has 0 aliphatic rings. The van der Waals surface area contributed by atoms with E-state index in [2.05, 4.69) is 4.74 Å². The lowest BCUT2D eigenvalue weighted by Gasteiger charge is -2.01. The zero-order valence-corrected chi connectivity index (χ0v) is 21.2. The molecule has 12 heteroatoms. The molecule has 0 radical (unpaired) electrons. The van der Waals surface area contributed by atoms with E-state index in [-0.39, 0.29) is 39.6 Å². The Labute approximate surface area is 200 Å². The van der Waals surface area contributed by atoms with Crippen molar-refractivity contribution in [2.75, 3.05) is 119 Å². The van der Waals surface area contributed by atoms with Gasteiger partial charge in [0.15, 0.2) is 0 Å². The molecule has 0 saturated heterocycles. The zero-order valence-electron chi connectivity index (χ0n) is 21.2. The Morgan fingerprint density at radius 3 is 0.697 bits per heavy atom. The molecule has 0 bridgehead atoms. The summed E-state index contributed by atoms with van der Waals surface area (Å²) in [6, 6.07) is 0. The smallest absolute Gasteiger partial charge is 0.0701 e. The first kappa shape index (κ1) is 42.7. The summed E-state index contributed by atoms with van der Waals surface area (Å²) in [5, 5.41) is 48.3. The second-order valence-corrected chi connectivity index (χ2v) is 5.15. The maximum atomic E-state index is 8.26. The summed E-state index contributed by atoms with van der Waals surface area (Å²) < 4.78 is 28.9. The fraction of sp³-hybridized carbons (Fsp3) is 1.00. The number of aliphatic hydroxyl groups is 6. The van der Waals surface area contributed by atoms with Gasteiger partial charge in [0, 0.05) is 26.9 Å². The summed E-state index contributed by atoms with van der Waals surface area (Å²) in [7, 11) is 1.68. The molecule has 0 fully saturated rings. The van der Waals surface area contributed by atoms with Crippen LogP contribution in [0.15, 0.2) is 0 Å². The van der Waals surface area contributed by atoms with Crippen LogP contribution in [-0.4, -0.2) is 150 Å². The van der Waals surface area contributed by atoms with Gasteiger partial charge in [0.05, 0.1) is 92.5 Å². The van der Waals surface area contributed by atoms with Crippen molar-refractivity contribution in [3.05, 3.63) is 0 Å². The SMILES string of the molecule is CCOC.CCOCC.OCCO.OCCOCCOCCO.OCCOCCOCCO. The molecule has 0 spiro atoms. The highest BCUT2D eigenvalue weighted by molar-refractivity contribution is 4.31. The fourth-order valence-electron chi connectivity index (χ4n) is 1.11. The van der Waals surface area contributed by atoms with E-state index in [1.54, 1.807) is 7.11 Å². The van der Waals surface area contributed by atoms with Crippen molar-refractivity contribution in [1.82, 2.24) is 0 Å².